The highest BCUT2D eigenvalue weighted by molar-refractivity contribution is 6.02. The average molecular weight is 366 g/mol. The number of halogens is 3. The molecule has 26 heavy (non-hydrogen) atoms. The van der Waals surface area contributed by atoms with Crippen LogP contribution >= 0.6 is 0 Å². The Labute approximate surface area is 149 Å². The van der Waals surface area contributed by atoms with Crippen molar-refractivity contribution in [2.24, 2.45) is 0 Å². The normalized spacial score (nSPS) is 11.5. The van der Waals surface area contributed by atoms with E-state index in [0.29, 0.717) is 40.9 Å². The van der Waals surface area contributed by atoms with E-state index in [1.54, 1.807) is 6.92 Å². The fourth-order valence-electron chi connectivity index (χ4n) is 2.97. The summed E-state index contributed by atoms with van der Waals surface area (Å²) in [4.78, 5) is 27.1. The third-order valence-electron chi connectivity index (χ3n) is 4.20. The van der Waals surface area contributed by atoms with Crippen LogP contribution in [-0.2, 0) is 19.0 Å². The van der Waals surface area contributed by atoms with E-state index in [2.05, 4.69) is 10.3 Å². The molecule has 0 aliphatic carbocycles. The van der Waals surface area contributed by atoms with Crippen molar-refractivity contribution in [3.63, 3.8) is 0 Å². The minimum atomic E-state index is -4.36. The first-order valence-corrected chi connectivity index (χ1v) is 8.31. The first kappa shape index (κ1) is 19.8. The number of amides is 1. The molecule has 2 N–H and O–H groups in total. The molecule has 0 atom stereocenters. The number of carbonyl (C=O) groups excluding carboxylic acids is 2. The van der Waals surface area contributed by atoms with Gasteiger partial charge in [0.15, 0.2) is 5.78 Å². The van der Waals surface area contributed by atoms with E-state index in [-0.39, 0.29) is 18.2 Å². The molecule has 0 spiro atoms. The number of ketones is 1. The van der Waals surface area contributed by atoms with Crippen LogP contribution in [0.25, 0.3) is 0 Å². The van der Waals surface area contributed by atoms with Gasteiger partial charge in [-0.25, -0.2) is 0 Å². The number of carbonyl (C=O) groups is 2. The Morgan fingerprint density at radius 3 is 2.27 bits per heavy atom. The highest BCUT2D eigenvalue weighted by atomic mass is 19.4. The van der Waals surface area contributed by atoms with Crippen LogP contribution < -0.4 is 5.32 Å². The molecule has 0 radical (unpaired) electrons. The molecule has 0 unspecified atom stereocenters. The van der Waals surface area contributed by atoms with Crippen LogP contribution in [0, 0.1) is 6.92 Å². The highest BCUT2D eigenvalue weighted by Crippen LogP contribution is 2.29. The van der Waals surface area contributed by atoms with E-state index >= 15 is 0 Å². The molecule has 1 aromatic carbocycles. The number of aromatic nitrogens is 1. The maximum atomic E-state index is 12.5. The van der Waals surface area contributed by atoms with E-state index < -0.39 is 11.7 Å². The summed E-state index contributed by atoms with van der Waals surface area (Å²) in [6, 6.07) is 4.86. The smallest absolute Gasteiger partial charge is 0.354 e. The number of aromatic amines is 1. The lowest BCUT2D eigenvalue weighted by Crippen LogP contribution is -2.27. The molecule has 2 aromatic rings. The Kier molecular flexibility index (Phi) is 5.90. The van der Waals surface area contributed by atoms with Gasteiger partial charge in [0, 0.05) is 17.8 Å². The van der Waals surface area contributed by atoms with Gasteiger partial charge >= 0.3 is 6.18 Å². The topological polar surface area (TPSA) is 62.0 Å². The molecule has 0 fully saturated rings. The van der Waals surface area contributed by atoms with Crippen molar-refractivity contribution in [2.45, 2.75) is 39.8 Å². The number of rotatable bonds is 6. The Bertz CT molecular complexity index is 805. The molecule has 1 aromatic heterocycles. The molecule has 0 aliphatic rings. The Morgan fingerprint density at radius 2 is 1.77 bits per heavy atom. The lowest BCUT2D eigenvalue weighted by Gasteiger charge is -2.09. The summed E-state index contributed by atoms with van der Waals surface area (Å²) >= 11 is 0. The summed E-state index contributed by atoms with van der Waals surface area (Å²) in [5, 5.41) is 2.74. The largest absolute Gasteiger partial charge is 0.416 e. The second-order valence-electron chi connectivity index (χ2n) is 6.09. The third-order valence-corrected chi connectivity index (χ3v) is 4.20. The molecule has 140 valence electrons. The van der Waals surface area contributed by atoms with Crippen LogP contribution in [0.4, 0.5) is 13.2 Å². The fraction of sp³-hybridized carbons (Fsp3) is 0.368. The Morgan fingerprint density at radius 1 is 1.15 bits per heavy atom. The number of hydrogen-bond donors (Lipinski definition) is 2. The zero-order chi connectivity index (χ0) is 19.5. The molecule has 1 amide bonds. The lowest BCUT2D eigenvalue weighted by molar-refractivity contribution is -0.137. The van der Waals surface area contributed by atoms with Gasteiger partial charge in [-0.15, -0.1) is 0 Å². The third kappa shape index (κ3) is 4.33. The number of hydrogen-bond acceptors (Lipinski definition) is 2. The van der Waals surface area contributed by atoms with Crippen molar-refractivity contribution >= 4 is 11.7 Å². The molecule has 0 saturated heterocycles. The predicted octanol–water partition coefficient (Wildman–Crippen LogP) is 4.08. The molecule has 0 aliphatic heterocycles. The summed E-state index contributed by atoms with van der Waals surface area (Å²) in [6.45, 7) is 5.35. The minimum Gasteiger partial charge on any atom is -0.354 e. The van der Waals surface area contributed by atoms with Crippen LogP contribution in [0.3, 0.4) is 0 Å². The second-order valence-corrected chi connectivity index (χ2v) is 6.09. The molecule has 0 bridgehead atoms. The van der Waals surface area contributed by atoms with Gasteiger partial charge in [0.1, 0.15) is 5.69 Å². The molecule has 4 nitrogen and oxygen atoms in total. The van der Waals surface area contributed by atoms with Gasteiger partial charge in [-0.05, 0) is 49.9 Å². The molecular formula is C19H21F3N2O2. The number of H-pyrrole nitrogens is 1. The number of benzene rings is 1. The lowest BCUT2D eigenvalue weighted by atomic mass is 10.0. The van der Waals surface area contributed by atoms with E-state index in [9.17, 15) is 22.8 Å². The maximum Gasteiger partial charge on any atom is 0.416 e. The quantitative estimate of drug-likeness (QED) is 0.757. The van der Waals surface area contributed by atoms with Crippen molar-refractivity contribution in [1.82, 2.24) is 10.3 Å². The van der Waals surface area contributed by atoms with Crippen molar-refractivity contribution in [2.75, 3.05) is 6.54 Å². The molecule has 7 heteroatoms. The van der Waals surface area contributed by atoms with Crippen molar-refractivity contribution < 1.29 is 22.8 Å². The fourth-order valence-corrected chi connectivity index (χ4v) is 2.97. The Balaban J connectivity index is 2.01. The number of alkyl halides is 3. The second kappa shape index (κ2) is 7.76. The summed E-state index contributed by atoms with van der Waals surface area (Å²) in [7, 11) is 0. The zero-order valence-electron chi connectivity index (χ0n) is 14.9. The summed E-state index contributed by atoms with van der Waals surface area (Å²) in [5.41, 5.74) is 2.24. The molecular weight excluding hydrogens is 345 g/mol. The summed E-state index contributed by atoms with van der Waals surface area (Å²) < 4.78 is 37.6. The minimum absolute atomic E-state index is 0.0978. The van der Waals surface area contributed by atoms with Gasteiger partial charge in [-0.2, -0.15) is 13.2 Å². The Hall–Kier alpha value is -2.57. The van der Waals surface area contributed by atoms with Gasteiger partial charge in [0.25, 0.3) is 5.91 Å². The summed E-state index contributed by atoms with van der Waals surface area (Å²) in [6.07, 6.45) is -3.41. The van der Waals surface area contributed by atoms with Gasteiger partial charge in [0.2, 0.25) is 0 Å². The molecule has 0 saturated carbocycles. The predicted molar refractivity (Wildman–Crippen MR) is 92.4 cm³/mol. The van der Waals surface area contributed by atoms with E-state index in [0.717, 1.165) is 12.1 Å². The monoisotopic (exact) mass is 366 g/mol. The SMILES string of the molecule is CCc1c(C(=O)NCCc2ccc(C(F)(F)F)cc2)[nH]c(C)c1C(C)=O. The number of aryl methyl sites for hydroxylation is 1. The highest BCUT2D eigenvalue weighted by Gasteiger charge is 2.29. The average Bonchev–Trinajstić information content (AvgIpc) is 2.91. The van der Waals surface area contributed by atoms with Crippen LogP contribution in [0.5, 0.6) is 0 Å². The maximum absolute atomic E-state index is 12.5. The van der Waals surface area contributed by atoms with Crippen LogP contribution in [0.1, 0.15) is 57.1 Å². The van der Waals surface area contributed by atoms with E-state index in [1.165, 1.54) is 19.1 Å². The van der Waals surface area contributed by atoms with Gasteiger partial charge in [0.05, 0.1) is 5.56 Å². The van der Waals surface area contributed by atoms with E-state index in [4.69, 9.17) is 0 Å². The van der Waals surface area contributed by atoms with Crippen molar-refractivity contribution in [3.8, 4) is 0 Å². The van der Waals surface area contributed by atoms with E-state index in [1.807, 2.05) is 6.92 Å². The molecule has 1 heterocycles. The molecule has 2 rings (SSSR count). The van der Waals surface area contributed by atoms with Crippen molar-refractivity contribution in [1.29, 1.82) is 0 Å². The first-order chi connectivity index (χ1) is 12.1. The first-order valence-electron chi connectivity index (χ1n) is 8.31. The standard InChI is InChI=1S/C19H21F3N2O2/c1-4-15-16(12(3)25)11(2)24-17(15)18(26)23-10-9-13-5-7-14(8-6-13)19(20,21)22/h5-8,24H,4,9-10H2,1-3H3,(H,23,26). The summed E-state index contributed by atoms with van der Waals surface area (Å²) in [5.74, 6) is -0.427. The van der Waals surface area contributed by atoms with Crippen LogP contribution in [0.2, 0.25) is 0 Å². The van der Waals surface area contributed by atoms with Gasteiger partial charge in [-0.3, -0.25) is 9.59 Å². The van der Waals surface area contributed by atoms with Gasteiger partial charge in [-0.1, -0.05) is 19.1 Å². The zero-order valence-corrected chi connectivity index (χ0v) is 14.9. The van der Waals surface area contributed by atoms with Gasteiger partial charge < -0.3 is 10.3 Å². The number of nitrogens with one attached hydrogen (secondary N) is 2. The van der Waals surface area contributed by atoms with Crippen LogP contribution in [-0.4, -0.2) is 23.2 Å². The number of Topliss-reactive ketones (excluding diaryl/α,β-unsaturated/α-hetero) is 1. The van der Waals surface area contributed by atoms with Crippen molar-refractivity contribution in [3.05, 3.63) is 57.9 Å². The van der Waals surface area contributed by atoms with Crippen LogP contribution in [0.15, 0.2) is 24.3 Å².